The first-order chi connectivity index (χ1) is 5.38. The van der Waals surface area contributed by atoms with E-state index >= 15 is 0 Å². The second-order valence-corrected chi connectivity index (χ2v) is 3.37. The minimum atomic E-state index is 0.293. The van der Waals surface area contributed by atoms with Crippen molar-refractivity contribution in [3.05, 3.63) is 0 Å². The Morgan fingerprint density at radius 3 is 3.18 bits per heavy atom. The minimum absolute atomic E-state index is 0.293. The van der Waals surface area contributed by atoms with Crippen LogP contribution in [0.4, 0.5) is 0 Å². The van der Waals surface area contributed by atoms with Gasteiger partial charge in [0.25, 0.3) is 0 Å². The van der Waals surface area contributed by atoms with Crippen LogP contribution in [0.1, 0.15) is 19.3 Å². The highest BCUT2D eigenvalue weighted by molar-refractivity contribution is 5.79. The first-order valence-corrected chi connectivity index (χ1v) is 4.38. The summed E-state index contributed by atoms with van der Waals surface area (Å²) in [6.45, 7) is 2.55. The number of hydrogen-bond acceptors (Lipinski definition) is 2. The predicted octanol–water partition coefficient (Wildman–Crippen LogP) is -0.0293. The van der Waals surface area contributed by atoms with Crippen molar-refractivity contribution in [2.24, 2.45) is 0 Å². The second kappa shape index (κ2) is 2.81. The van der Waals surface area contributed by atoms with E-state index in [9.17, 15) is 4.79 Å². The van der Waals surface area contributed by atoms with Crippen LogP contribution in [0.2, 0.25) is 0 Å². The second-order valence-electron chi connectivity index (χ2n) is 3.37. The lowest BCUT2D eigenvalue weighted by Gasteiger charge is -2.39. The van der Waals surface area contributed by atoms with Crippen molar-refractivity contribution in [3.8, 4) is 0 Å². The van der Waals surface area contributed by atoms with Crippen LogP contribution in [0.3, 0.4) is 0 Å². The highest BCUT2D eigenvalue weighted by Crippen LogP contribution is 2.18. The van der Waals surface area contributed by atoms with Gasteiger partial charge in [0.2, 0.25) is 5.91 Å². The van der Waals surface area contributed by atoms with Gasteiger partial charge in [-0.15, -0.1) is 0 Å². The molecule has 1 unspecified atom stereocenters. The molecule has 2 rings (SSSR count). The maximum absolute atomic E-state index is 11.3. The summed E-state index contributed by atoms with van der Waals surface area (Å²) in [5.41, 5.74) is 0. The topological polar surface area (TPSA) is 32.3 Å². The molecule has 3 heteroatoms. The van der Waals surface area contributed by atoms with Crippen LogP contribution in [0, 0.1) is 0 Å². The van der Waals surface area contributed by atoms with E-state index in [1.54, 1.807) is 0 Å². The van der Waals surface area contributed by atoms with E-state index in [-0.39, 0.29) is 0 Å². The quantitative estimate of drug-likeness (QED) is 0.531. The molecule has 0 spiro atoms. The zero-order chi connectivity index (χ0) is 7.68. The molecular formula is C8H14N2O. The van der Waals surface area contributed by atoms with Crippen LogP contribution in [-0.2, 0) is 4.79 Å². The van der Waals surface area contributed by atoms with E-state index in [2.05, 4.69) is 5.32 Å². The molecule has 1 N–H and O–H groups in total. The number of hydrogen-bond donors (Lipinski definition) is 1. The molecule has 11 heavy (non-hydrogen) atoms. The monoisotopic (exact) mass is 154 g/mol. The average Bonchev–Trinajstić information content (AvgIpc) is 2.06. The molecule has 2 saturated heterocycles. The number of fused-ring (bicyclic) bond motifs is 1. The van der Waals surface area contributed by atoms with Gasteiger partial charge >= 0.3 is 0 Å². The number of carbonyl (C=O) groups is 1. The molecule has 0 bridgehead atoms. The first kappa shape index (κ1) is 7.10. The van der Waals surface area contributed by atoms with Crippen molar-refractivity contribution in [2.75, 3.05) is 19.6 Å². The highest BCUT2D eigenvalue weighted by Gasteiger charge is 2.29. The molecule has 0 aliphatic carbocycles. The van der Waals surface area contributed by atoms with Gasteiger partial charge in [-0.1, -0.05) is 0 Å². The fraction of sp³-hybridized carbons (Fsp3) is 0.875. The van der Waals surface area contributed by atoms with Crippen LogP contribution in [0.25, 0.3) is 0 Å². The van der Waals surface area contributed by atoms with E-state index in [0.29, 0.717) is 18.5 Å². The zero-order valence-electron chi connectivity index (χ0n) is 6.68. The standard InChI is InChI=1S/C8H14N2O/c11-8-6-9-5-7-3-1-2-4-10(7)8/h7,9H,1-6H2. The minimum Gasteiger partial charge on any atom is -0.337 e. The normalized spacial score (nSPS) is 31.8. The molecule has 1 atom stereocenters. The maximum Gasteiger partial charge on any atom is 0.236 e. The number of nitrogens with zero attached hydrogens (tertiary/aromatic N) is 1. The molecule has 62 valence electrons. The Kier molecular flexibility index (Phi) is 1.82. The van der Waals surface area contributed by atoms with Gasteiger partial charge in [-0.3, -0.25) is 4.79 Å². The molecule has 0 saturated carbocycles. The molecule has 2 fully saturated rings. The van der Waals surface area contributed by atoms with Crippen molar-refractivity contribution in [1.29, 1.82) is 0 Å². The lowest BCUT2D eigenvalue weighted by molar-refractivity contribution is -0.136. The Hall–Kier alpha value is -0.570. The van der Waals surface area contributed by atoms with E-state index in [0.717, 1.165) is 13.1 Å². The van der Waals surface area contributed by atoms with Gasteiger partial charge in [-0.25, -0.2) is 0 Å². The average molecular weight is 154 g/mol. The van der Waals surface area contributed by atoms with Crippen molar-refractivity contribution in [3.63, 3.8) is 0 Å². The first-order valence-electron chi connectivity index (χ1n) is 4.38. The summed E-state index contributed by atoms with van der Waals surface area (Å²) in [6, 6.07) is 0.505. The number of piperazine rings is 1. The summed E-state index contributed by atoms with van der Waals surface area (Å²) in [5.74, 6) is 0.293. The molecule has 2 aliphatic heterocycles. The predicted molar refractivity (Wildman–Crippen MR) is 42.2 cm³/mol. The molecule has 1 amide bonds. The van der Waals surface area contributed by atoms with Crippen molar-refractivity contribution < 1.29 is 4.79 Å². The third-order valence-electron chi connectivity index (χ3n) is 2.60. The molecule has 0 aromatic heterocycles. The Balaban J connectivity index is 2.05. The summed E-state index contributed by atoms with van der Waals surface area (Å²) in [4.78, 5) is 13.3. The van der Waals surface area contributed by atoms with Gasteiger partial charge in [0.15, 0.2) is 0 Å². The van der Waals surface area contributed by atoms with E-state index < -0.39 is 0 Å². The third-order valence-corrected chi connectivity index (χ3v) is 2.60. The molecular weight excluding hydrogens is 140 g/mol. The molecule has 2 aliphatic rings. The van der Waals surface area contributed by atoms with Crippen molar-refractivity contribution in [1.82, 2.24) is 10.2 Å². The maximum atomic E-state index is 11.3. The highest BCUT2D eigenvalue weighted by atomic mass is 16.2. The molecule has 0 radical (unpaired) electrons. The van der Waals surface area contributed by atoms with Crippen molar-refractivity contribution >= 4 is 5.91 Å². The molecule has 2 heterocycles. The lowest BCUT2D eigenvalue weighted by Crippen LogP contribution is -2.56. The van der Waals surface area contributed by atoms with Gasteiger partial charge in [-0.2, -0.15) is 0 Å². The molecule has 0 aromatic carbocycles. The van der Waals surface area contributed by atoms with E-state index in [1.807, 2.05) is 4.90 Å². The van der Waals surface area contributed by atoms with Gasteiger partial charge in [0.05, 0.1) is 6.54 Å². The smallest absolute Gasteiger partial charge is 0.236 e. The van der Waals surface area contributed by atoms with Crippen molar-refractivity contribution in [2.45, 2.75) is 25.3 Å². The number of piperidine rings is 1. The summed E-state index contributed by atoms with van der Waals surface area (Å²) in [7, 11) is 0. The Bertz CT molecular complexity index is 167. The van der Waals surface area contributed by atoms with Crippen LogP contribution in [0.5, 0.6) is 0 Å². The third kappa shape index (κ3) is 1.25. The Labute approximate surface area is 66.8 Å². The van der Waals surface area contributed by atoms with Gasteiger partial charge in [0.1, 0.15) is 0 Å². The molecule has 3 nitrogen and oxygen atoms in total. The van der Waals surface area contributed by atoms with Gasteiger partial charge in [0, 0.05) is 19.1 Å². The Morgan fingerprint density at radius 1 is 1.45 bits per heavy atom. The number of rotatable bonds is 0. The largest absolute Gasteiger partial charge is 0.337 e. The number of carbonyl (C=O) groups excluding carboxylic acids is 1. The zero-order valence-corrected chi connectivity index (χ0v) is 6.68. The lowest BCUT2D eigenvalue weighted by atomic mass is 10.0. The van der Waals surface area contributed by atoms with Gasteiger partial charge in [-0.05, 0) is 19.3 Å². The van der Waals surface area contributed by atoms with Gasteiger partial charge < -0.3 is 10.2 Å². The SMILES string of the molecule is O=C1CNCC2CCCCN12. The molecule has 0 aromatic rings. The summed E-state index contributed by atoms with van der Waals surface area (Å²) >= 11 is 0. The van der Waals surface area contributed by atoms with Crippen LogP contribution in [-0.4, -0.2) is 36.5 Å². The fourth-order valence-electron chi connectivity index (χ4n) is 1.99. The summed E-state index contributed by atoms with van der Waals surface area (Å²) < 4.78 is 0. The summed E-state index contributed by atoms with van der Waals surface area (Å²) in [5, 5.41) is 3.14. The number of nitrogens with one attached hydrogen (secondary N) is 1. The summed E-state index contributed by atoms with van der Waals surface area (Å²) in [6.07, 6.45) is 3.68. The van der Waals surface area contributed by atoms with Crippen LogP contribution in [0.15, 0.2) is 0 Å². The fourth-order valence-corrected chi connectivity index (χ4v) is 1.99. The van der Waals surface area contributed by atoms with Crippen LogP contribution < -0.4 is 5.32 Å². The number of amides is 1. The Morgan fingerprint density at radius 2 is 2.36 bits per heavy atom. The van der Waals surface area contributed by atoms with E-state index in [1.165, 1.54) is 19.3 Å². The van der Waals surface area contributed by atoms with E-state index in [4.69, 9.17) is 0 Å². The van der Waals surface area contributed by atoms with Crippen LogP contribution >= 0.6 is 0 Å².